The first-order valence-electron chi connectivity index (χ1n) is 7.87. The molecule has 0 aromatic heterocycles. The molecule has 146 valence electrons. The minimum absolute atomic E-state index is 0.0302. The van der Waals surface area contributed by atoms with Crippen molar-refractivity contribution in [3.8, 4) is 5.75 Å². The highest BCUT2D eigenvalue weighted by Crippen LogP contribution is 2.33. The zero-order chi connectivity index (χ0) is 19.5. The highest BCUT2D eigenvalue weighted by molar-refractivity contribution is 7.94. The predicted octanol–water partition coefficient (Wildman–Crippen LogP) is 0.323. The first-order valence-corrected chi connectivity index (χ1v) is 11.0. The first kappa shape index (κ1) is 20.6. The largest absolute Gasteiger partial charge is 0.495 e. The van der Waals surface area contributed by atoms with Crippen LogP contribution >= 0.6 is 0 Å². The number of carbonyl (C=O) groups excluding carboxylic acids is 1. The van der Waals surface area contributed by atoms with E-state index in [1.54, 1.807) is 0 Å². The Hall–Kier alpha value is -1.69. The van der Waals surface area contributed by atoms with Crippen LogP contribution in [0, 0.1) is 5.92 Å². The number of nitrogens with zero attached hydrogens (tertiary/aromatic N) is 1. The van der Waals surface area contributed by atoms with Crippen LogP contribution in [0.1, 0.15) is 13.3 Å². The summed E-state index contributed by atoms with van der Waals surface area (Å²) in [7, 11) is -4.99. The molecular formula is C15H22N2O7S2. The maximum absolute atomic E-state index is 12.6. The monoisotopic (exact) mass is 406 g/mol. The van der Waals surface area contributed by atoms with Crippen LogP contribution in [0.4, 0.5) is 5.69 Å². The van der Waals surface area contributed by atoms with Gasteiger partial charge in [0.05, 0.1) is 24.5 Å². The maximum atomic E-state index is 12.6. The Morgan fingerprint density at radius 3 is 2.54 bits per heavy atom. The Balaban J connectivity index is 2.42. The summed E-state index contributed by atoms with van der Waals surface area (Å²) in [6.45, 7) is 2.04. The normalized spacial score (nSPS) is 19.7. The molecule has 0 aliphatic carbocycles. The van der Waals surface area contributed by atoms with E-state index in [1.165, 1.54) is 33.3 Å². The minimum Gasteiger partial charge on any atom is -0.495 e. The van der Waals surface area contributed by atoms with Crippen molar-refractivity contribution in [2.24, 2.45) is 5.92 Å². The molecule has 1 aliphatic heterocycles. The second-order valence-corrected chi connectivity index (χ2v) is 9.46. The average molecular weight is 406 g/mol. The maximum Gasteiger partial charge on any atom is 0.244 e. The van der Waals surface area contributed by atoms with Gasteiger partial charge in [-0.25, -0.2) is 25.9 Å². The van der Waals surface area contributed by atoms with Crippen molar-refractivity contribution in [1.82, 2.24) is 4.72 Å². The van der Waals surface area contributed by atoms with Crippen LogP contribution in [-0.2, 0) is 29.6 Å². The second kappa shape index (κ2) is 7.91. The summed E-state index contributed by atoms with van der Waals surface area (Å²) in [5, 5.41) is 0. The number of amides is 1. The molecule has 1 fully saturated rings. The predicted molar refractivity (Wildman–Crippen MR) is 95.1 cm³/mol. The molecule has 0 saturated carbocycles. The minimum atomic E-state index is -3.97. The molecule has 1 aliphatic rings. The number of carbonyl (C=O) groups is 1. The number of nitrogens with one attached hydrogen (secondary N) is 1. The molecule has 1 heterocycles. The third-order valence-electron chi connectivity index (χ3n) is 3.85. The lowest BCUT2D eigenvalue weighted by atomic mass is 10.2. The third-order valence-corrected chi connectivity index (χ3v) is 7.20. The molecule has 26 heavy (non-hydrogen) atoms. The van der Waals surface area contributed by atoms with E-state index in [-0.39, 0.29) is 28.6 Å². The van der Waals surface area contributed by atoms with Crippen molar-refractivity contribution < 1.29 is 31.1 Å². The van der Waals surface area contributed by atoms with Gasteiger partial charge in [0, 0.05) is 20.3 Å². The smallest absolute Gasteiger partial charge is 0.244 e. The van der Waals surface area contributed by atoms with Crippen LogP contribution in [0.3, 0.4) is 0 Å². The topological polar surface area (TPSA) is 119 Å². The molecule has 1 atom stereocenters. The number of hydrogen-bond donors (Lipinski definition) is 1. The molecule has 2 rings (SSSR count). The van der Waals surface area contributed by atoms with E-state index in [1.807, 2.05) is 0 Å². The van der Waals surface area contributed by atoms with Crippen LogP contribution in [0.25, 0.3) is 0 Å². The molecule has 1 unspecified atom stereocenters. The van der Waals surface area contributed by atoms with Crippen molar-refractivity contribution in [2.75, 3.05) is 37.4 Å². The van der Waals surface area contributed by atoms with E-state index in [0.717, 1.165) is 6.07 Å². The van der Waals surface area contributed by atoms with Gasteiger partial charge in [0.25, 0.3) is 0 Å². The van der Waals surface area contributed by atoms with Crippen molar-refractivity contribution >= 4 is 31.6 Å². The molecule has 1 amide bonds. The zero-order valence-corrected chi connectivity index (χ0v) is 16.4. The summed E-state index contributed by atoms with van der Waals surface area (Å²) < 4.78 is 62.6. The lowest BCUT2D eigenvalue weighted by molar-refractivity contribution is -0.119. The molecule has 11 heteroatoms. The fourth-order valence-corrected chi connectivity index (χ4v) is 5.66. The van der Waals surface area contributed by atoms with Crippen molar-refractivity contribution in [2.45, 2.75) is 18.2 Å². The van der Waals surface area contributed by atoms with Crippen molar-refractivity contribution in [3.63, 3.8) is 0 Å². The SMILES string of the molecule is COCCCNS(=O)(=O)c1cc(N2C(=O)C(C)CS2(=O)=O)ccc1OC. The summed E-state index contributed by atoms with van der Waals surface area (Å²) in [5.74, 6) is -1.54. The standard InChI is InChI=1S/C15H22N2O7S2/c1-11-10-25(19,20)17(15(11)18)12-5-6-13(24-3)14(9-12)26(21,22)16-7-4-8-23-2/h5-6,9,11,16H,4,7-8,10H2,1-3H3. The van der Waals surface area contributed by atoms with E-state index in [9.17, 15) is 21.6 Å². The molecule has 0 spiro atoms. The molecular weight excluding hydrogens is 384 g/mol. The van der Waals surface area contributed by atoms with Gasteiger partial charge in [-0.05, 0) is 24.6 Å². The van der Waals surface area contributed by atoms with Gasteiger partial charge in [-0.3, -0.25) is 4.79 Å². The zero-order valence-electron chi connectivity index (χ0n) is 14.8. The van der Waals surface area contributed by atoms with E-state index >= 15 is 0 Å². The van der Waals surface area contributed by atoms with Crippen molar-refractivity contribution in [3.05, 3.63) is 18.2 Å². The van der Waals surface area contributed by atoms with Gasteiger partial charge in [0.1, 0.15) is 10.6 Å². The Bertz CT molecular complexity index is 881. The Kier molecular flexibility index (Phi) is 6.27. The summed E-state index contributed by atoms with van der Waals surface area (Å²) in [5.41, 5.74) is -0.0302. The lowest BCUT2D eigenvalue weighted by Crippen LogP contribution is -2.31. The second-order valence-electron chi connectivity index (χ2n) is 5.86. The fraction of sp³-hybridized carbons (Fsp3) is 0.533. The van der Waals surface area contributed by atoms with E-state index < -0.39 is 31.9 Å². The number of methoxy groups -OCH3 is 2. The van der Waals surface area contributed by atoms with Gasteiger partial charge in [-0.1, -0.05) is 6.92 Å². The fourth-order valence-electron chi connectivity index (χ4n) is 2.59. The summed E-state index contributed by atoms with van der Waals surface area (Å²) in [6.07, 6.45) is 0.467. The molecule has 9 nitrogen and oxygen atoms in total. The van der Waals surface area contributed by atoms with Gasteiger partial charge in [0.2, 0.25) is 26.0 Å². The Morgan fingerprint density at radius 1 is 1.31 bits per heavy atom. The molecule has 0 radical (unpaired) electrons. The molecule has 1 aromatic rings. The number of ether oxygens (including phenoxy) is 2. The van der Waals surface area contributed by atoms with Crippen LogP contribution in [0.15, 0.2) is 23.1 Å². The highest BCUT2D eigenvalue weighted by atomic mass is 32.2. The van der Waals surface area contributed by atoms with E-state index in [2.05, 4.69) is 4.72 Å². The average Bonchev–Trinajstić information content (AvgIpc) is 2.78. The summed E-state index contributed by atoms with van der Waals surface area (Å²) in [6, 6.07) is 3.80. The van der Waals surface area contributed by atoms with Gasteiger partial charge in [0.15, 0.2) is 0 Å². The van der Waals surface area contributed by atoms with Crippen LogP contribution < -0.4 is 13.8 Å². The molecule has 1 aromatic carbocycles. The number of benzene rings is 1. The molecule has 0 bridgehead atoms. The van der Waals surface area contributed by atoms with Crippen molar-refractivity contribution in [1.29, 1.82) is 0 Å². The molecule has 1 N–H and O–H groups in total. The Labute approximate surface area is 153 Å². The van der Waals surface area contributed by atoms with Gasteiger partial charge in [-0.15, -0.1) is 0 Å². The van der Waals surface area contributed by atoms with Gasteiger partial charge in [-0.2, -0.15) is 0 Å². The number of hydrogen-bond acceptors (Lipinski definition) is 7. The van der Waals surface area contributed by atoms with Gasteiger partial charge < -0.3 is 9.47 Å². The van der Waals surface area contributed by atoms with E-state index in [0.29, 0.717) is 17.3 Å². The quantitative estimate of drug-likeness (QED) is 0.618. The number of anilines is 1. The van der Waals surface area contributed by atoms with Crippen LogP contribution in [-0.4, -0.2) is 55.9 Å². The molecule has 1 saturated heterocycles. The third kappa shape index (κ3) is 4.17. The first-order chi connectivity index (χ1) is 12.1. The van der Waals surface area contributed by atoms with Gasteiger partial charge >= 0.3 is 0 Å². The highest BCUT2D eigenvalue weighted by Gasteiger charge is 2.42. The lowest BCUT2D eigenvalue weighted by Gasteiger charge is -2.18. The summed E-state index contributed by atoms with van der Waals surface area (Å²) in [4.78, 5) is 12.0. The number of sulfonamides is 2. The van der Waals surface area contributed by atoms with Crippen LogP contribution in [0.5, 0.6) is 5.75 Å². The summed E-state index contributed by atoms with van der Waals surface area (Å²) >= 11 is 0. The van der Waals surface area contributed by atoms with Crippen LogP contribution in [0.2, 0.25) is 0 Å². The van der Waals surface area contributed by atoms with E-state index in [4.69, 9.17) is 9.47 Å². The number of rotatable bonds is 8. The Morgan fingerprint density at radius 2 is 2.00 bits per heavy atom.